The molecule has 0 radical (unpaired) electrons. The molecule has 0 fully saturated rings. The van der Waals surface area contributed by atoms with Crippen molar-refractivity contribution in [3.05, 3.63) is 86.2 Å². The number of aryl methyl sites for hydroxylation is 1. The summed E-state index contributed by atoms with van der Waals surface area (Å²) in [6.07, 6.45) is 0. The van der Waals surface area contributed by atoms with Crippen LogP contribution in [0.5, 0.6) is 0 Å². The summed E-state index contributed by atoms with van der Waals surface area (Å²) < 4.78 is 10.6. The molecule has 0 unspecified atom stereocenters. The van der Waals surface area contributed by atoms with Crippen LogP contribution in [0.3, 0.4) is 0 Å². The summed E-state index contributed by atoms with van der Waals surface area (Å²) in [7, 11) is 0. The summed E-state index contributed by atoms with van der Waals surface area (Å²) in [5.41, 5.74) is 2.64. The number of rotatable bonds is 4. The Morgan fingerprint density at radius 1 is 1.18 bits per heavy atom. The molecule has 2 aromatic heterocycles. The second-order valence-electron chi connectivity index (χ2n) is 6.21. The van der Waals surface area contributed by atoms with Gasteiger partial charge in [0.2, 0.25) is 0 Å². The fourth-order valence-electron chi connectivity index (χ4n) is 2.77. The monoisotopic (exact) mass is 411 g/mol. The van der Waals surface area contributed by atoms with Crippen LogP contribution in [-0.2, 0) is 11.3 Å². The Morgan fingerprint density at radius 3 is 2.75 bits per heavy atom. The molecule has 0 atom stereocenters. The Bertz CT molecular complexity index is 1230. The molecule has 5 nitrogen and oxygen atoms in total. The molecule has 0 aliphatic heterocycles. The normalized spacial score (nSPS) is 10.9. The summed E-state index contributed by atoms with van der Waals surface area (Å²) in [6.45, 7) is 1.87. The molecule has 0 bridgehead atoms. The van der Waals surface area contributed by atoms with E-state index in [0.717, 1.165) is 16.5 Å². The molecular weight excluding hydrogens is 398 g/mol. The first-order chi connectivity index (χ1) is 13.5. The zero-order valence-electron chi connectivity index (χ0n) is 14.8. The molecule has 4 aromatic rings. The Labute approximate surface area is 169 Å². The van der Waals surface area contributed by atoms with Crippen molar-refractivity contribution in [1.29, 1.82) is 0 Å². The fourth-order valence-corrected chi connectivity index (χ4v) is 3.69. The summed E-state index contributed by atoms with van der Waals surface area (Å²) in [6, 6.07) is 14.1. The van der Waals surface area contributed by atoms with Gasteiger partial charge in [-0.1, -0.05) is 35.9 Å². The first kappa shape index (κ1) is 18.4. The minimum Gasteiger partial charge on any atom is -0.456 e. The number of hydrogen-bond acceptors (Lipinski definition) is 6. The Kier molecular flexibility index (Phi) is 4.98. The quantitative estimate of drug-likeness (QED) is 0.339. The van der Waals surface area contributed by atoms with Gasteiger partial charge in [0.25, 0.3) is 0 Å². The molecule has 7 heteroatoms. The molecule has 0 saturated carbocycles. The van der Waals surface area contributed by atoms with E-state index in [4.69, 9.17) is 20.8 Å². The number of benzene rings is 2. The molecule has 0 saturated heterocycles. The maximum Gasteiger partial charge on any atom is 0.358 e. The lowest BCUT2D eigenvalue weighted by molar-refractivity contribution is 0.0468. The smallest absolute Gasteiger partial charge is 0.358 e. The predicted octanol–water partition coefficient (Wildman–Crippen LogP) is 5.24. The van der Waals surface area contributed by atoms with Crippen LogP contribution >= 0.6 is 22.9 Å². The van der Waals surface area contributed by atoms with E-state index in [0.29, 0.717) is 21.2 Å². The van der Waals surface area contributed by atoms with Crippen LogP contribution in [-0.4, -0.2) is 11.0 Å². The van der Waals surface area contributed by atoms with Gasteiger partial charge < -0.3 is 9.15 Å². The Morgan fingerprint density at radius 2 is 1.96 bits per heavy atom. The molecule has 4 rings (SSSR count). The minimum atomic E-state index is -0.551. The molecule has 28 heavy (non-hydrogen) atoms. The fraction of sp³-hybridized carbons (Fsp3) is 0.0952. The SMILES string of the molecule is Cc1ccc2c(COC(=O)c3csc(-c4ccc(Cl)cc4)n3)cc(=O)oc2c1. The van der Waals surface area contributed by atoms with Crippen molar-refractivity contribution in [2.75, 3.05) is 0 Å². The number of hydrogen-bond donors (Lipinski definition) is 0. The van der Waals surface area contributed by atoms with Gasteiger partial charge in [-0.2, -0.15) is 0 Å². The average Bonchev–Trinajstić information content (AvgIpc) is 3.16. The molecular formula is C21H14ClNO4S. The van der Waals surface area contributed by atoms with E-state index in [1.54, 1.807) is 23.6 Å². The number of aromatic nitrogens is 1. The van der Waals surface area contributed by atoms with E-state index in [-0.39, 0.29) is 12.3 Å². The van der Waals surface area contributed by atoms with E-state index < -0.39 is 11.6 Å². The maximum atomic E-state index is 12.4. The van der Waals surface area contributed by atoms with E-state index >= 15 is 0 Å². The lowest BCUT2D eigenvalue weighted by Crippen LogP contribution is -2.08. The molecule has 0 amide bonds. The van der Waals surface area contributed by atoms with Crippen molar-refractivity contribution in [2.24, 2.45) is 0 Å². The average molecular weight is 412 g/mol. The van der Waals surface area contributed by atoms with Crippen molar-refractivity contribution < 1.29 is 13.9 Å². The van der Waals surface area contributed by atoms with Crippen LogP contribution in [0.1, 0.15) is 21.6 Å². The van der Waals surface area contributed by atoms with E-state index in [9.17, 15) is 9.59 Å². The van der Waals surface area contributed by atoms with Crippen LogP contribution in [0.4, 0.5) is 0 Å². The highest BCUT2D eigenvalue weighted by Crippen LogP contribution is 2.26. The first-order valence-corrected chi connectivity index (χ1v) is 9.67. The number of carbonyl (C=O) groups is 1. The van der Waals surface area contributed by atoms with Gasteiger partial charge in [0, 0.05) is 33.0 Å². The second-order valence-corrected chi connectivity index (χ2v) is 7.51. The standard InChI is InChI=1S/C21H14ClNO4S/c1-12-2-7-16-14(9-19(24)27-18(16)8-12)10-26-21(25)17-11-28-20(23-17)13-3-5-15(22)6-4-13/h2-9,11H,10H2,1H3. The number of nitrogens with zero attached hydrogens (tertiary/aromatic N) is 1. The van der Waals surface area contributed by atoms with Gasteiger partial charge in [-0.3, -0.25) is 0 Å². The number of fused-ring (bicyclic) bond motifs is 1. The Balaban J connectivity index is 1.53. The highest BCUT2D eigenvalue weighted by molar-refractivity contribution is 7.13. The van der Waals surface area contributed by atoms with E-state index in [1.807, 2.05) is 31.2 Å². The van der Waals surface area contributed by atoms with Gasteiger partial charge in [0.05, 0.1) is 0 Å². The number of thiazole rings is 1. The van der Waals surface area contributed by atoms with Gasteiger partial charge in [0.1, 0.15) is 17.2 Å². The van der Waals surface area contributed by atoms with Crippen LogP contribution in [0.25, 0.3) is 21.5 Å². The zero-order valence-corrected chi connectivity index (χ0v) is 16.3. The van der Waals surface area contributed by atoms with Gasteiger partial charge in [-0.05, 0) is 30.7 Å². The topological polar surface area (TPSA) is 69.4 Å². The predicted molar refractivity (Wildman–Crippen MR) is 109 cm³/mol. The molecule has 2 aromatic carbocycles. The minimum absolute atomic E-state index is 0.0438. The van der Waals surface area contributed by atoms with Crippen molar-refractivity contribution in [1.82, 2.24) is 4.98 Å². The molecule has 0 spiro atoms. The third-order valence-corrected chi connectivity index (χ3v) is 5.29. The molecule has 0 N–H and O–H groups in total. The molecule has 0 aliphatic rings. The van der Waals surface area contributed by atoms with Crippen molar-refractivity contribution >= 4 is 39.9 Å². The summed E-state index contributed by atoms with van der Waals surface area (Å²) in [5, 5.41) is 3.71. The maximum absolute atomic E-state index is 12.4. The first-order valence-electron chi connectivity index (χ1n) is 8.41. The van der Waals surface area contributed by atoms with E-state index in [1.165, 1.54) is 17.4 Å². The van der Waals surface area contributed by atoms with Crippen LogP contribution in [0.15, 0.2) is 63.1 Å². The number of carbonyl (C=O) groups excluding carboxylic acids is 1. The summed E-state index contributed by atoms with van der Waals surface area (Å²) >= 11 is 7.24. The lowest BCUT2D eigenvalue weighted by atomic mass is 10.1. The van der Waals surface area contributed by atoms with Crippen LogP contribution < -0.4 is 5.63 Å². The second kappa shape index (κ2) is 7.58. The highest BCUT2D eigenvalue weighted by atomic mass is 35.5. The van der Waals surface area contributed by atoms with Gasteiger partial charge >= 0.3 is 11.6 Å². The van der Waals surface area contributed by atoms with Crippen molar-refractivity contribution in [2.45, 2.75) is 13.5 Å². The van der Waals surface area contributed by atoms with Crippen molar-refractivity contribution in [3.63, 3.8) is 0 Å². The summed E-state index contributed by atoms with van der Waals surface area (Å²) in [4.78, 5) is 28.5. The van der Waals surface area contributed by atoms with E-state index in [2.05, 4.69) is 4.98 Å². The zero-order chi connectivity index (χ0) is 19.7. The molecule has 140 valence electrons. The number of halogens is 1. The largest absolute Gasteiger partial charge is 0.456 e. The molecule has 2 heterocycles. The van der Waals surface area contributed by atoms with Crippen molar-refractivity contribution in [3.8, 4) is 10.6 Å². The number of ether oxygens (including phenoxy) is 1. The highest BCUT2D eigenvalue weighted by Gasteiger charge is 2.15. The molecule has 0 aliphatic carbocycles. The van der Waals surface area contributed by atoms with Gasteiger partial charge in [0.15, 0.2) is 5.69 Å². The third kappa shape index (κ3) is 3.83. The van der Waals surface area contributed by atoms with Gasteiger partial charge in [-0.25, -0.2) is 14.6 Å². The number of esters is 1. The Hall–Kier alpha value is -2.96. The summed E-state index contributed by atoms with van der Waals surface area (Å²) in [5.74, 6) is -0.551. The van der Waals surface area contributed by atoms with Crippen LogP contribution in [0, 0.1) is 6.92 Å². The van der Waals surface area contributed by atoms with Gasteiger partial charge in [-0.15, -0.1) is 11.3 Å². The van der Waals surface area contributed by atoms with Crippen LogP contribution in [0.2, 0.25) is 5.02 Å². The third-order valence-electron chi connectivity index (χ3n) is 4.15. The lowest BCUT2D eigenvalue weighted by Gasteiger charge is -2.06.